The van der Waals surface area contributed by atoms with Crippen LogP contribution in [0.15, 0.2) is 42.5 Å². The molecule has 1 aliphatic rings. The lowest BCUT2D eigenvalue weighted by atomic mass is 10.1. The van der Waals surface area contributed by atoms with Crippen molar-refractivity contribution in [1.29, 1.82) is 0 Å². The number of ether oxygens (including phenoxy) is 1. The minimum Gasteiger partial charge on any atom is -0.465 e. The molecule has 26 heavy (non-hydrogen) atoms. The maximum atomic E-state index is 12.6. The SMILES string of the molecule is COC(=O)c1ccccc1NC(=O)c1ccc2c(c1)CCN2S(C)(=O)=O. The first kappa shape index (κ1) is 17.9. The summed E-state index contributed by atoms with van der Waals surface area (Å²) in [6.07, 6.45) is 1.70. The lowest BCUT2D eigenvalue weighted by molar-refractivity contribution is 0.0602. The van der Waals surface area contributed by atoms with E-state index in [1.54, 1.807) is 42.5 Å². The number of esters is 1. The van der Waals surface area contributed by atoms with E-state index in [9.17, 15) is 18.0 Å². The summed E-state index contributed by atoms with van der Waals surface area (Å²) in [5.74, 6) is -0.930. The predicted octanol–water partition coefficient (Wildman–Crippen LogP) is 2.05. The molecule has 0 saturated carbocycles. The van der Waals surface area contributed by atoms with Gasteiger partial charge >= 0.3 is 5.97 Å². The molecule has 1 N–H and O–H groups in total. The number of methoxy groups -OCH3 is 1. The van der Waals surface area contributed by atoms with Crippen LogP contribution in [-0.2, 0) is 21.2 Å². The molecule has 2 aromatic carbocycles. The third-order valence-electron chi connectivity index (χ3n) is 4.18. The van der Waals surface area contributed by atoms with E-state index in [0.29, 0.717) is 29.9 Å². The van der Waals surface area contributed by atoms with Gasteiger partial charge in [-0.2, -0.15) is 0 Å². The number of anilines is 2. The van der Waals surface area contributed by atoms with Crippen molar-refractivity contribution >= 4 is 33.3 Å². The molecular weight excluding hydrogens is 356 g/mol. The van der Waals surface area contributed by atoms with Gasteiger partial charge in [0.2, 0.25) is 10.0 Å². The van der Waals surface area contributed by atoms with Crippen molar-refractivity contribution in [2.45, 2.75) is 6.42 Å². The summed E-state index contributed by atoms with van der Waals surface area (Å²) in [6, 6.07) is 11.4. The number of nitrogens with zero attached hydrogens (tertiary/aromatic N) is 1. The van der Waals surface area contributed by atoms with Gasteiger partial charge in [0.15, 0.2) is 0 Å². The Morgan fingerprint density at radius 1 is 1.15 bits per heavy atom. The van der Waals surface area contributed by atoms with Gasteiger partial charge in [0.1, 0.15) is 0 Å². The number of sulfonamides is 1. The Labute approximate surface area is 151 Å². The minimum absolute atomic E-state index is 0.257. The summed E-state index contributed by atoms with van der Waals surface area (Å²) in [7, 11) is -2.06. The Morgan fingerprint density at radius 2 is 1.88 bits per heavy atom. The monoisotopic (exact) mass is 374 g/mol. The summed E-state index contributed by atoms with van der Waals surface area (Å²) in [5, 5.41) is 2.70. The smallest absolute Gasteiger partial charge is 0.339 e. The molecule has 0 aliphatic carbocycles. The lowest BCUT2D eigenvalue weighted by Crippen LogP contribution is -2.27. The van der Waals surface area contributed by atoms with Crippen molar-refractivity contribution in [2.75, 3.05) is 29.5 Å². The zero-order chi connectivity index (χ0) is 18.9. The quantitative estimate of drug-likeness (QED) is 0.827. The summed E-state index contributed by atoms with van der Waals surface area (Å²) in [4.78, 5) is 24.4. The zero-order valence-corrected chi connectivity index (χ0v) is 15.2. The van der Waals surface area contributed by atoms with Crippen LogP contribution >= 0.6 is 0 Å². The molecule has 0 bridgehead atoms. The Balaban J connectivity index is 1.86. The van der Waals surface area contributed by atoms with Gasteiger partial charge in [-0.1, -0.05) is 12.1 Å². The van der Waals surface area contributed by atoms with Crippen molar-refractivity contribution in [3.8, 4) is 0 Å². The van der Waals surface area contributed by atoms with Crippen LogP contribution in [0.2, 0.25) is 0 Å². The van der Waals surface area contributed by atoms with Gasteiger partial charge < -0.3 is 10.1 Å². The Hall–Kier alpha value is -2.87. The van der Waals surface area contributed by atoms with Gasteiger partial charge in [-0.15, -0.1) is 0 Å². The average Bonchev–Trinajstić information content (AvgIpc) is 3.05. The number of carbonyl (C=O) groups is 2. The second-order valence-corrected chi connectivity index (χ2v) is 7.83. The van der Waals surface area contributed by atoms with Crippen molar-refractivity contribution in [3.63, 3.8) is 0 Å². The molecule has 8 heteroatoms. The molecule has 136 valence electrons. The molecule has 0 aromatic heterocycles. The number of fused-ring (bicyclic) bond motifs is 1. The standard InChI is InChI=1S/C18H18N2O5S/c1-25-18(22)14-5-3-4-6-15(14)19-17(21)13-7-8-16-12(11-13)9-10-20(16)26(2,23)24/h3-8,11H,9-10H2,1-2H3,(H,19,21). The second-order valence-electron chi connectivity index (χ2n) is 5.92. The zero-order valence-electron chi connectivity index (χ0n) is 14.4. The first-order valence-electron chi connectivity index (χ1n) is 7.90. The molecular formula is C18H18N2O5S. The summed E-state index contributed by atoms with van der Waals surface area (Å²) in [6.45, 7) is 0.365. The number of para-hydroxylation sites is 1. The van der Waals surface area contributed by atoms with Gasteiger partial charge in [-0.3, -0.25) is 9.10 Å². The van der Waals surface area contributed by atoms with E-state index in [2.05, 4.69) is 5.32 Å². The molecule has 7 nitrogen and oxygen atoms in total. The molecule has 1 aliphatic heterocycles. The fourth-order valence-electron chi connectivity index (χ4n) is 2.93. The first-order chi connectivity index (χ1) is 12.3. The summed E-state index contributed by atoms with van der Waals surface area (Å²) < 4.78 is 29.6. The molecule has 0 atom stereocenters. The van der Waals surface area contributed by atoms with Crippen molar-refractivity contribution in [3.05, 3.63) is 59.2 Å². The number of amides is 1. The molecule has 1 heterocycles. The minimum atomic E-state index is -3.33. The topological polar surface area (TPSA) is 92.8 Å². The van der Waals surface area contributed by atoms with E-state index in [4.69, 9.17) is 4.74 Å². The molecule has 0 fully saturated rings. The van der Waals surface area contributed by atoms with Gasteiger partial charge in [0.25, 0.3) is 5.91 Å². The van der Waals surface area contributed by atoms with Crippen molar-refractivity contribution in [1.82, 2.24) is 0 Å². The van der Waals surface area contributed by atoms with Crippen LogP contribution in [0.4, 0.5) is 11.4 Å². The molecule has 1 amide bonds. The Bertz CT molecular complexity index is 985. The third kappa shape index (κ3) is 3.41. The van der Waals surface area contributed by atoms with Crippen LogP contribution in [0.1, 0.15) is 26.3 Å². The summed E-state index contributed by atoms with van der Waals surface area (Å²) >= 11 is 0. The molecule has 0 spiro atoms. The van der Waals surface area contributed by atoms with Crippen LogP contribution in [0.3, 0.4) is 0 Å². The van der Waals surface area contributed by atoms with E-state index in [0.717, 1.165) is 11.8 Å². The van der Waals surface area contributed by atoms with Crippen LogP contribution in [0, 0.1) is 0 Å². The van der Waals surface area contributed by atoms with Crippen LogP contribution < -0.4 is 9.62 Å². The normalized spacial score (nSPS) is 13.2. The highest BCUT2D eigenvalue weighted by Gasteiger charge is 2.27. The molecule has 0 saturated heterocycles. The first-order valence-corrected chi connectivity index (χ1v) is 9.75. The van der Waals surface area contributed by atoms with Gasteiger partial charge in [0.05, 0.1) is 30.3 Å². The van der Waals surface area contributed by atoms with Crippen LogP contribution in [-0.4, -0.2) is 40.2 Å². The highest BCUT2D eigenvalue weighted by molar-refractivity contribution is 7.92. The maximum absolute atomic E-state index is 12.6. The number of carbonyl (C=O) groups excluding carboxylic acids is 2. The number of benzene rings is 2. The predicted molar refractivity (Wildman–Crippen MR) is 98.1 cm³/mol. The van der Waals surface area contributed by atoms with Gasteiger partial charge in [-0.05, 0) is 42.3 Å². The van der Waals surface area contributed by atoms with Crippen LogP contribution in [0.5, 0.6) is 0 Å². The third-order valence-corrected chi connectivity index (χ3v) is 5.36. The molecule has 0 unspecified atom stereocenters. The van der Waals surface area contributed by atoms with Gasteiger partial charge in [-0.25, -0.2) is 13.2 Å². The van der Waals surface area contributed by atoms with Crippen molar-refractivity contribution in [2.24, 2.45) is 0 Å². The van der Waals surface area contributed by atoms with Crippen LogP contribution in [0.25, 0.3) is 0 Å². The number of rotatable bonds is 4. The maximum Gasteiger partial charge on any atom is 0.339 e. The summed E-state index contributed by atoms with van der Waals surface area (Å²) in [5.41, 5.74) is 2.39. The lowest BCUT2D eigenvalue weighted by Gasteiger charge is -2.16. The van der Waals surface area contributed by atoms with E-state index in [1.165, 1.54) is 11.4 Å². The molecule has 2 aromatic rings. The molecule has 3 rings (SSSR count). The number of nitrogens with one attached hydrogen (secondary N) is 1. The highest BCUT2D eigenvalue weighted by Crippen LogP contribution is 2.31. The van der Waals surface area contributed by atoms with E-state index >= 15 is 0 Å². The fraction of sp³-hybridized carbons (Fsp3) is 0.222. The number of hydrogen-bond donors (Lipinski definition) is 1. The highest BCUT2D eigenvalue weighted by atomic mass is 32.2. The van der Waals surface area contributed by atoms with Crippen molar-refractivity contribution < 1.29 is 22.7 Å². The Kier molecular flexibility index (Phi) is 4.69. The average molecular weight is 374 g/mol. The largest absolute Gasteiger partial charge is 0.465 e. The number of hydrogen-bond acceptors (Lipinski definition) is 5. The van der Waals surface area contributed by atoms with E-state index in [1.807, 2.05) is 0 Å². The van der Waals surface area contributed by atoms with Gasteiger partial charge in [0, 0.05) is 12.1 Å². The Morgan fingerprint density at radius 3 is 2.58 bits per heavy atom. The van der Waals surface area contributed by atoms with E-state index < -0.39 is 16.0 Å². The second kappa shape index (κ2) is 6.80. The van der Waals surface area contributed by atoms with E-state index in [-0.39, 0.29) is 11.5 Å². The molecule has 0 radical (unpaired) electrons. The fourth-order valence-corrected chi connectivity index (χ4v) is 3.89.